The van der Waals surface area contributed by atoms with Crippen LogP contribution in [0.1, 0.15) is 6.42 Å². The minimum atomic E-state index is -0.565. The number of hydrogen-bond acceptors (Lipinski definition) is 5. The second-order valence-corrected chi connectivity index (χ2v) is 4.15. The number of nitro groups is 1. The van der Waals surface area contributed by atoms with Gasteiger partial charge in [-0.2, -0.15) is 0 Å². The van der Waals surface area contributed by atoms with Crippen LogP contribution in [0.15, 0.2) is 23.0 Å². The minimum absolute atomic E-state index is 0.160. The van der Waals surface area contributed by atoms with Crippen LogP contribution in [0.4, 0.5) is 11.6 Å². The number of non-ortho nitro benzene ring substituents is 1. The third kappa shape index (κ3) is 1.73. The van der Waals surface area contributed by atoms with Crippen molar-refractivity contribution in [3.63, 3.8) is 0 Å². The summed E-state index contributed by atoms with van der Waals surface area (Å²) in [5.41, 5.74) is -0.223. The molecule has 0 saturated carbocycles. The van der Waals surface area contributed by atoms with Gasteiger partial charge < -0.3 is 0 Å². The lowest BCUT2D eigenvalue weighted by atomic mass is 10.2. The van der Waals surface area contributed by atoms with E-state index >= 15 is 0 Å². The number of amides is 1. The average molecular weight is 260 g/mol. The molecule has 2 heterocycles. The monoisotopic (exact) mass is 260 g/mol. The SMILES string of the molecule is O=C1CCn2c(nc3ccc([N+](=O)[O-])cc3c2=O)N1. The van der Waals surface area contributed by atoms with Gasteiger partial charge in [0.2, 0.25) is 11.9 Å². The van der Waals surface area contributed by atoms with Crippen molar-refractivity contribution in [3.8, 4) is 0 Å². The lowest BCUT2D eigenvalue weighted by Crippen LogP contribution is -2.33. The summed E-state index contributed by atoms with van der Waals surface area (Å²) in [5, 5.41) is 13.4. The van der Waals surface area contributed by atoms with E-state index in [2.05, 4.69) is 10.3 Å². The van der Waals surface area contributed by atoms with E-state index in [0.29, 0.717) is 5.52 Å². The molecule has 1 aromatic carbocycles. The molecule has 1 N–H and O–H groups in total. The second-order valence-electron chi connectivity index (χ2n) is 4.15. The lowest BCUT2D eigenvalue weighted by molar-refractivity contribution is -0.384. The van der Waals surface area contributed by atoms with Crippen molar-refractivity contribution in [3.05, 3.63) is 38.7 Å². The Bertz CT molecular complexity index is 780. The fourth-order valence-corrected chi connectivity index (χ4v) is 2.03. The van der Waals surface area contributed by atoms with E-state index in [-0.39, 0.29) is 41.5 Å². The van der Waals surface area contributed by atoms with E-state index in [1.165, 1.54) is 22.8 Å². The number of aromatic nitrogens is 2. The van der Waals surface area contributed by atoms with Crippen LogP contribution in [-0.2, 0) is 11.3 Å². The van der Waals surface area contributed by atoms with E-state index in [1.807, 2.05) is 0 Å². The van der Waals surface area contributed by atoms with Gasteiger partial charge in [-0.05, 0) is 6.07 Å². The maximum absolute atomic E-state index is 12.2. The maximum atomic E-state index is 12.2. The Balaban J connectivity index is 2.30. The van der Waals surface area contributed by atoms with E-state index < -0.39 is 4.92 Å². The Morgan fingerprint density at radius 3 is 2.89 bits per heavy atom. The van der Waals surface area contributed by atoms with Crippen molar-refractivity contribution in [1.82, 2.24) is 9.55 Å². The number of fused-ring (bicyclic) bond motifs is 2. The molecule has 1 aromatic heterocycles. The highest BCUT2D eigenvalue weighted by atomic mass is 16.6. The van der Waals surface area contributed by atoms with Gasteiger partial charge in [0.1, 0.15) is 0 Å². The minimum Gasteiger partial charge on any atom is -0.296 e. The molecule has 0 spiro atoms. The molecule has 3 rings (SSSR count). The molecule has 1 aliphatic rings. The Morgan fingerprint density at radius 1 is 1.37 bits per heavy atom. The third-order valence-electron chi connectivity index (χ3n) is 2.96. The van der Waals surface area contributed by atoms with Crippen LogP contribution in [0.5, 0.6) is 0 Å². The Kier molecular flexibility index (Phi) is 2.31. The zero-order valence-electron chi connectivity index (χ0n) is 9.62. The van der Waals surface area contributed by atoms with Gasteiger partial charge in [0.15, 0.2) is 0 Å². The summed E-state index contributed by atoms with van der Waals surface area (Å²) in [6.45, 7) is 0.228. The molecule has 1 amide bonds. The molecule has 0 saturated heterocycles. The Labute approximate surface area is 105 Å². The van der Waals surface area contributed by atoms with E-state index in [4.69, 9.17) is 0 Å². The van der Waals surface area contributed by atoms with Crippen molar-refractivity contribution in [2.24, 2.45) is 0 Å². The standard InChI is InChI=1S/C11H8N4O4/c16-9-3-4-14-10(17)7-5-6(15(18)19)1-2-8(7)12-11(14)13-9/h1-2,5H,3-4H2,(H,12,13,16). The first-order valence-corrected chi connectivity index (χ1v) is 5.55. The Morgan fingerprint density at radius 2 is 2.16 bits per heavy atom. The zero-order chi connectivity index (χ0) is 13.6. The number of nitro benzene ring substituents is 1. The summed E-state index contributed by atoms with van der Waals surface area (Å²) in [7, 11) is 0. The van der Waals surface area contributed by atoms with Gasteiger partial charge in [-0.25, -0.2) is 4.98 Å². The van der Waals surface area contributed by atoms with Crippen LogP contribution in [0.2, 0.25) is 0 Å². The van der Waals surface area contributed by atoms with Gasteiger partial charge in [0.25, 0.3) is 11.2 Å². The number of nitrogens with one attached hydrogen (secondary N) is 1. The summed E-state index contributed by atoms with van der Waals surface area (Å²) < 4.78 is 1.31. The largest absolute Gasteiger partial charge is 0.296 e. The number of rotatable bonds is 1. The molecule has 19 heavy (non-hydrogen) atoms. The van der Waals surface area contributed by atoms with Crippen molar-refractivity contribution in [2.75, 3.05) is 5.32 Å². The first-order chi connectivity index (χ1) is 9.06. The van der Waals surface area contributed by atoms with Gasteiger partial charge in [0.05, 0.1) is 15.8 Å². The van der Waals surface area contributed by atoms with Gasteiger partial charge in [-0.3, -0.25) is 29.6 Å². The lowest BCUT2D eigenvalue weighted by Gasteiger charge is -2.17. The maximum Gasteiger partial charge on any atom is 0.270 e. The molecule has 96 valence electrons. The number of carbonyl (C=O) groups excluding carboxylic acids is 1. The van der Waals surface area contributed by atoms with Crippen molar-refractivity contribution < 1.29 is 9.72 Å². The fourth-order valence-electron chi connectivity index (χ4n) is 2.03. The number of hydrogen-bond donors (Lipinski definition) is 1. The van der Waals surface area contributed by atoms with Gasteiger partial charge in [-0.1, -0.05) is 0 Å². The molecule has 0 fully saturated rings. The summed E-state index contributed by atoms with van der Waals surface area (Å²) in [6.07, 6.45) is 0.190. The van der Waals surface area contributed by atoms with E-state index in [1.54, 1.807) is 0 Å². The smallest absolute Gasteiger partial charge is 0.270 e. The van der Waals surface area contributed by atoms with E-state index in [9.17, 15) is 19.7 Å². The molecule has 8 nitrogen and oxygen atoms in total. The van der Waals surface area contributed by atoms with Gasteiger partial charge >= 0.3 is 0 Å². The Hall–Kier alpha value is -2.77. The van der Waals surface area contributed by atoms with Gasteiger partial charge in [0, 0.05) is 25.1 Å². The fraction of sp³-hybridized carbons (Fsp3) is 0.182. The van der Waals surface area contributed by atoms with E-state index in [0.717, 1.165) is 0 Å². The molecule has 2 aromatic rings. The summed E-state index contributed by atoms with van der Waals surface area (Å²) >= 11 is 0. The summed E-state index contributed by atoms with van der Waals surface area (Å²) in [5.74, 6) is -0.0178. The van der Waals surface area contributed by atoms with Gasteiger partial charge in [-0.15, -0.1) is 0 Å². The highest BCUT2D eigenvalue weighted by molar-refractivity contribution is 5.91. The first-order valence-electron chi connectivity index (χ1n) is 5.55. The van der Waals surface area contributed by atoms with Crippen LogP contribution in [-0.4, -0.2) is 20.4 Å². The summed E-state index contributed by atoms with van der Waals surface area (Å²) in [6, 6.07) is 3.88. The topological polar surface area (TPSA) is 107 Å². The summed E-state index contributed by atoms with van der Waals surface area (Å²) in [4.78, 5) is 37.7. The molecule has 1 aliphatic heterocycles. The number of carbonyl (C=O) groups is 1. The quantitative estimate of drug-likeness (QED) is 0.598. The van der Waals surface area contributed by atoms with Crippen LogP contribution < -0.4 is 10.9 Å². The molecule has 8 heteroatoms. The van der Waals surface area contributed by atoms with Crippen LogP contribution in [0.25, 0.3) is 10.9 Å². The molecule has 0 radical (unpaired) electrons. The normalized spacial score (nSPS) is 14.0. The molecule has 0 aliphatic carbocycles. The molecule has 0 bridgehead atoms. The van der Waals surface area contributed by atoms with Crippen molar-refractivity contribution in [2.45, 2.75) is 13.0 Å². The predicted molar refractivity (Wildman–Crippen MR) is 65.9 cm³/mol. The number of anilines is 1. The highest BCUT2D eigenvalue weighted by Gasteiger charge is 2.19. The van der Waals surface area contributed by atoms with Crippen LogP contribution >= 0.6 is 0 Å². The molecule has 0 atom stereocenters. The number of nitrogens with zero attached hydrogens (tertiary/aromatic N) is 3. The first kappa shape index (κ1) is 11.3. The second kappa shape index (κ2) is 3.87. The van der Waals surface area contributed by atoms with Crippen molar-refractivity contribution in [1.29, 1.82) is 0 Å². The predicted octanol–water partition coefficient (Wildman–Crippen LogP) is 0.647. The molecular weight excluding hydrogens is 252 g/mol. The number of benzene rings is 1. The molecular formula is C11H8N4O4. The molecule has 0 unspecified atom stereocenters. The highest BCUT2D eigenvalue weighted by Crippen LogP contribution is 2.19. The van der Waals surface area contributed by atoms with Crippen LogP contribution in [0.3, 0.4) is 0 Å². The van der Waals surface area contributed by atoms with Crippen molar-refractivity contribution >= 4 is 28.4 Å². The zero-order valence-corrected chi connectivity index (χ0v) is 9.62. The van der Waals surface area contributed by atoms with Crippen LogP contribution in [0, 0.1) is 10.1 Å². The third-order valence-corrected chi connectivity index (χ3v) is 2.96. The average Bonchev–Trinajstić information content (AvgIpc) is 2.38.